The van der Waals surface area contributed by atoms with Crippen LogP contribution in [-0.2, 0) is 24.3 Å². The fourth-order valence-corrected chi connectivity index (χ4v) is 3.45. The number of alkyl halides is 2. The van der Waals surface area contributed by atoms with Crippen molar-refractivity contribution in [1.29, 1.82) is 5.26 Å². The largest absolute Gasteiger partial charge is 0.342 e. The van der Waals surface area contributed by atoms with E-state index in [2.05, 4.69) is 10.4 Å². The molecular weight excluding hydrogens is 413 g/mol. The smallest absolute Gasteiger partial charge is 0.322 e. The normalized spacial score (nSPS) is 13.4. The van der Waals surface area contributed by atoms with Gasteiger partial charge in [-0.3, -0.25) is 9.48 Å². The van der Waals surface area contributed by atoms with Gasteiger partial charge in [0, 0.05) is 37.0 Å². The molecule has 1 aromatic carbocycles. The van der Waals surface area contributed by atoms with Crippen LogP contribution < -0.4 is 5.32 Å². The lowest BCUT2D eigenvalue weighted by Gasteiger charge is -2.27. The van der Waals surface area contributed by atoms with Gasteiger partial charge < -0.3 is 15.1 Å². The third-order valence-corrected chi connectivity index (χ3v) is 5.05. The van der Waals surface area contributed by atoms with Crippen molar-refractivity contribution in [2.24, 2.45) is 0 Å². The Morgan fingerprint density at radius 2 is 2.19 bits per heavy atom. The minimum atomic E-state index is -3.16. The second kappa shape index (κ2) is 8.67. The number of hydrogen-bond donors (Lipinski definition) is 1. The SMILES string of the molecule is Cc1c2c(nn1CC(F)(F)CN(C)C=O)CCN(C(=O)Nc1ccc(F)c(C#N)c1)C2. The molecule has 0 atom stereocenters. The standard InChI is InChI=1S/C20H21F3N6O2/c1-13-16-9-28(19(31)25-15-3-4-17(21)14(7-15)8-24)6-5-18(16)26-29(13)11-20(22,23)10-27(2)12-30/h3-4,7,12H,5-6,9-11H2,1-2H3,(H,25,31). The van der Waals surface area contributed by atoms with Crippen molar-refractivity contribution in [3.63, 3.8) is 0 Å². The number of urea groups is 1. The molecule has 0 spiro atoms. The maximum Gasteiger partial charge on any atom is 0.322 e. The van der Waals surface area contributed by atoms with Crippen LogP contribution in [0.4, 0.5) is 23.7 Å². The maximum absolute atomic E-state index is 14.2. The van der Waals surface area contributed by atoms with E-state index in [-0.39, 0.29) is 17.8 Å². The molecule has 1 N–H and O–H groups in total. The van der Waals surface area contributed by atoms with Gasteiger partial charge in [-0.15, -0.1) is 0 Å². The second-order valence-electron chi connectivity index (χ2n) is 7.45. The van der Waals surface area contributed by atoms with Gasteiger partial charge in [0.1, 0.15) is 18.4 Å². The lowest BCUT2D eigenvalue weighted by molar-refractivity contribution is -0.122. The first-order valence-electron chi connectivity index (χ1n) is 9.47. The average molecular weight is 434 g/mol. The van der Waals surface area contributed by atoms with E-state index in [1.54, 1.807) is 13.0 Å². The Labute approximate surface area is 176 Å². The van der Waals surface area contributed by atoms with Crippen molar-refractivity contribution >= 4 is 18.1 Å². The van der Waals surface area contributed by atoms with Gasteiger partial charge >= 0.3 is 6.03 Å². The van der Waals surface area contributed by atoms with E-state index in [1.807, 2.05) is 0 Å². The fourth-order valence-electron chi connectivity index (χ4n) is 3.45. The summed E-state index contributed by atoms with van der Waals surface area (Å²) in [6, 6.07) is 4.95. The van der Waals surface area contributed by atoms with Crippen molar-refractivity contribution in [2.45, 2.75) is 32.4 Å². The average Bonchev–Trinajstić information content (AvgIpc) is 3.03. The summed E-state index contributed by atoms with van der Waals surface area (Å²) >= 11 is 0. The molecule has 31 heavy (non-hydrogen) atoms. The van der Waals surface area contributed by atoms with Crippen LogP contribution in [0.2, 0.25) is 0 Å². The summed E-state index contributed by atoms with van der Waals surface area (Å²) in [5, 5.41) is 15.8. The molecule has 11 heteroatoms. The highest BCUT2D eigenvalue weighted by Gasteiger charge is 2.34. The summed E-state index contributed by atoms with van der Waals surface area (Å²) < 4.78 is 43.2. The molecule has 2 heterocycles. The van der Waals surface area contributed by atoms with Gasteiger partial charge in [0.25, 0.3) is 5.92 Å². The van der Waals surface area contributed by atoms with Gasteiger partial charge in [-0.1, -0.05) is 0 Å². The van der Waals surface area contributed by atoms with E-state index in [0.29, 0.717) is 36.3 Å². The number of benzene rings is 1. The first-order chi connectivity index (χ1) is 14.6. The molecule has 2 aromatic rings. The van der Waals surface area contributed by atoms with E-state index in [0.717, 1.165) is 11.0 Å². The van der Waals surface area contributed by atoms with Gasteiger partial charge in [0.15, 0.2) is 0 Å². The summed E-state index contributed by atoms with van der Waals surface area (Å²) in [5.74, 6) is -3.84. The zero-order valence-corrected chi connectivity index (χ0v) is 17.0. The molecule has 0 radical (unpaired) electrons. The quantitative estimate of drug-likeness (QED) is 0.707. The highest BCUT2D eigenvalue weighted by molar-refractivity contribution is 5.89. The molecule has 0 bridgehead atoms. The molecule has 1 aliphatic heterocycles. The highest BCUT2D eigenvalue weighted by Crippen LogP contribution is 2.25. The molecule has 0 saturated heterocycles. The van der Waals surface area contributed by atoms with Crippen molar-refractivity contribution in [1.82, 2.24) is 19.6 Å². The molecule has 0 saturated carbocycles. The van der Waals surface area contributed by atoms with E-state index in [9.17, 15) is 22.8 Å². The number of nitrogens with zero attached hydrogens (tertiary/aromatic N) is 5. The number of aromatic nitrogens is 2. The number of halogens is 3. The third-order valence-electron chi connectivity index (χ3n) is 5.05. The molecular formula is C20H21F3N6O2. The van der Waals surface area contributed by atoms with Crippen LogP contribution >= 0.6 is 0 Å². The number of carbonyl (C=O) groups is 2. The van der Waals surface area contributed by atoms with Crippen LogP contribution in [0.5, 0.6) is 0 Å². The summed E-state index contributed by atoms with van der Waals surface area (Å²) in [4.78, 5) is 25.6. The summed E-state index contributed by atoms with van der Waals surface area (Å²) in [5.41, 5.74) is 1.96. The Morgan fingerprint density at radius 1 is 1.45 bits per heavy atom. The summed E-state index contributed by atoms with van der Waals surface area (Å²) in [7, 11) is 1.28. The van der Waals surface area contributed by atoms with E-state index in [4.69, 9.17) is 5.26 Å². The lowest BCUT2D eigenvalue weighted by atomic mass is 10.1. The highest BCUT2D eigenvalue weighted by atomic mass is 19.3. The Kier molecular flexibility index (Phi) is 6.19. The van der Waals surface area contributed by atoms with E-state index in [1.165, 1.54) is 28.8 Å². The number of nitriles is 1. The number of nitrogens with one attached hydrogen (secondary N) is 1. The summed E-state index contributed by atoms with van der Waals surface area (Å²) in [6.45, 7) is 0.761. The van der Waals surface area contributed by atoms with Crippen LogP contribution in [0.25, 0.3) is 0 Å². The molecule has 3 amide bonds. The predicted octanol–water partition coefficient (Wildman–Crippen LogP) is 2.52. The van der Waals surface area contributed by atoms with Gasteiger partial charge in [0.2, 0.25) is 6.41 Å². The van der Waals surface area contributed by atoms with Crippen molar-refractivity contribution in [2.75, 3.05) is 25.5 Å². The zero-order valence-electron chi connectivity index (χ0n) is 17.0. The lowest BCUT2D eigenvalue weighted by Crippen LogP contribution is -2.38. The second-order valence-corrected chi connectivity index (χ2v) is 7.45. The van der Waals surface area contributed by atoms with Crippen molar-refractivity contribution in [3.05, 3.63) is 46.5 Å². The van der Waals surface area contributed by atoms with E-state index >= 15 is 0 Å². The van der Waals surface area contributed by atoms with Crippen LogP contribution in [0.15, 0.2) is 18.2 Å². The Balaban J connectivity index is 1.71. The Morgan fingerprint density at radius 3 is 2.87 bits per heavy atom. The number of anilines is 1. The Hall–Kier alpha value is -3.55. The van der Waals surface area contributed by atoms with Crippen molar-refractivity contribution < 1.29 is 22.8 Å². The molecule has 1 aliphatic rings. The van der Waals surface area contributed by atoms with Gasteiger partial charge in [-0.05, 0) is 25.1 Å². The third kappa shape index (κ3) is 4.96. The maximum atomic E-state index is 14.2. The molecule has 8 nitrogen and oxygen atoms in total. The number of carbonyl (C=O) groups excluding carboxylic acids is 2. The van der Waals surface area contributed by atoms with Gasteiger partial charge in [0.05, 0.1) is 24.3 Å². The molecule has 0 fully saturated rings. The van der Waals surface area contributed by atoms with Crippen LogP contribution in [-0.4, -0.2) is 58.1 Å². The molecule has 164 valence electrons. The minimum absolute atomic E-state index is 0.180. The van der Waals surface area contributed by atoms with Crippen LogP contribution in [0.1, 0.15) is 22.5 Å². The van der Waals surface area contributed by atoms with Crippen LogP contribution in [0.3, 0.4) is 0 Å². The molecule has 1 aromatic heterocycles. The minimum Gasteiger partial charge on any atom is -0.342 e. The van der Waals surface area contributed by atoms with Gasteiger partial charge in [-0.25, -0.2) is 18.0 Å². The molecule has 0 unspecified atom stereocenters. The monoisotopic (exact) mass is 434 g/mol. The molecule has 3 rings (SSSR count). The van der Waals surface area contributed by atoms with Crippen molar-refractivity contribution in [3.8, 4) is 6.07 Å². The summed E-state index contributed by atoms with van der Waals surface area (Å²) in [6.07, 6.45) is 0.731. The van der Waals surface area contributed by atoms with Crippen LogP contribution in [0, 0.1) is 24.1 Å². The first kappa shape index (κ1) is 22.1. The number of amides is 3. The number of rotatable bonds is 6. The van der Waals surface area contributed by atoms with E-state index < -0.39 is 30.9 Å². The number of fused-ring (bicyclic) bond motifs is 1. The number of hydrogen-bond acceptors (Lipinski definition) is 4. The fraction of sp³-hybridized carbons (Fsp3) is 0.400. The first-order valence-corrected chi connectivity index (χ1v) is 9.47. The predicted molar refractivity (Wildman–Crippen MR) is 105 cm³/mol. The topological polar surface area (TPSA) is 94.3 Å². The zero-order chi connectivity index (χ0) is 22.8. The molecule has 0 aliphatic carbocycles. The Bertz CT molecular complexity index is 1050. The van der Waals surface area contributed by atoms with Gasteiger partial charge in [-0.2, -0.15) is 10.4 Å².